The lowest BCUT2D eigenvalue weighted by molar-refractivity contribution is 0.0607. The molecule has 3 heterocycles. The van der Waals surface area contributed by atoms with Crippen LogP contribution in [0.2, 0.25) is 0 Å². The molecular formula is C22H30N6OS. The number of nitrogens with two attached hydrogens (primary N) is 1. The first-order valence-corrected chi connectivity index (χ1v) is 11.1. The van der Waals surface area contributed by atoms with Crippen LogP contribution in [0.3, 0.4) is 0 Å². The molecule has 1 aliphatic rings. The SMILES string of the molecule is CNc1c(C)c(C)nc2cc(C3CCCCN3C(=O)c3ccccc3N)nn12.CS. The van der Waals surface area contributed by atoms with Gasteiger partial charge in [-0.1, -0.05) is 12.1 Å². The molecule has 4 rings (SSSR count). The molecule has 1 unspecified atom stereocenters. The molecule has 1 saturated heterocycles. The number of carbonyl (C=O) groups excluding carboxylic acids is 1. The molecule has 30 heavy (non-hydrogen) atoms. The van der Waals surface area contributed by atoms with Crippen LogP contribution in [-0.2, 0) is 0 Å². The summed E-state index contributed by atoms with van der Waals surface area (Å²) in [5.41, 5.74) is 10.8. The quantitative estimate of drug-likeness (QED) is 0.437. The lowest BCUT2D eigenvalue weighted by Gasteiger charge is -2.35. The van der Waals surface area contributed by atoms with E-state index in [1.807, 2.05) is 48.5 Å². The number of carbonyl (C=O) groups is 1. The molecule has 3 N–H and O–H groups in total. The lowest BCUT2D eigenvalue weighted by Crippen LogP contribution is -2.39. The average molecular weight is 427 g/mol. The van der Waals surface area contributed by atoms with Crippen LogP contribution in [-0.4, -0.2) is 45.3 Å². The number of fused-ring (bicyclic) bond motifs is 1. The number of nitrogen functional groups attached to an aromatic ring is 1. The number of benzene rings is 1. The summed E-state index contributed by atoms with van der Waals surface area (Å²) in [4.78, 5) is 19.8. The zero-order valence-corrected chi connectivity index (χ0v) is 18.9. The van der Waals surface area contributed by atoms with Crippen molar-refractivity contribution >= 4 is 35.7 Å². The van der Waals surface area contributed by atoms with Crippen molar-refractivity contribution in [1.29, 1.82) is 0 Å². The van der Waals surface area contributed by atoms with E-state index in [1.54, 1.807) is 18.4 Å². The van der Waals surface area contributed by atoms with Crippen molar-refractivity contribution in [2.45, 2.75) is 39.2 Å². The fourth-order valence-electron chi connectivity index (χ4n) is 4.00. The molecule has 7 nitrogen and oxygen atoms in total. The van der Waals surface area contributed by atoms with Crippen LogP contribution in [0.5, 0.6) is 0 Å². The van der Waals surface area contributed by atoms with Crippen molar-refractivity contribution in [3.63, 3.8) is 0 Å². The van der Waals surface area contributed by atoms with Crippen LogP contribution >= 0.6 is 12.6 Å². The Kier molecular flexibility index (Phi) is 6.87. The van der Waals surface area contributed by atoms with Gasteiger partial charge in [0.05, 0.1) is 17.3 Å². The van der Waals surface area contributed by atoms with Gasteiger partial charge in [0.2, 0.25) is 0 Å². The highest BCUT2D eigenvalue weighted by molar-refractivity contribution is 7.79. The van der Waals surface area contributed by atoms with Crippen molar-refractivity contribution in [2.24, 2.45) is 0 Å². The Morgan fingerprint density at radius 3 is 2.67 bits per heavy atom. The first-order chi connectivity index (χ1) is 14.5. The number of amides is 1. The highest BCUT2D eigenvalue weighted by Gasteiger charge is 2.31. The number of anilines is 2. The number of piperidine rings is 1. The molecule has 1 atom stereocenters. The molecule has 3 aromatic rings. The van der Waals surface area contributed by atoms with Gasteiger partial charge in [0.1, 0.15) is 5.82 Å². The zero-order valence-electron chi connectivity index (χ0n) is 18.0. The smallest absolute Gasteiger partial charge is 0.256 e. The number of rotatable bonds is 3. The molecule has 1 amide bonds. The molecule has 8 heteroatoms. The van der Waals surface area contributed by atoms with Gasteiger partial charge in [0, 0.05) is 36.6 Å². The number of thiol groups is 1. The standard InChI is InChI=1S/C21H26N6O.CH4S/c1-13-14(2)24-19-12-17(25-27(19)20(13)23-3)18-10-6-7-11-26(18)21(28)15-8-4-5-9-16(15)22;1-2/h4-5,8-9,12,18,23H,6-7,10-11,22H2,1-3H3;2H,1H3. The number of aryl methyl sites for hydroxylation is 1. The second-order valence-electron chi connectivity index (χ2n) is 7.36. The van der Waals surface area contributed by atoms with Gasteiger partial charge >= 0.3 is 0 Å². The van der Waals surface area contributed by atoms with Gasteiger partial charge < -0.3 is 16.0 Å². The molecule has 1 aromatic carbocycles. The van der Waals surface area contributed by atoms with E-state index in [0.29, 0.717) is 17.8 Å². The molecule has 160 valence electrons. The number of nitrogens with one attached hydrogen (secondary N) is 1. The molecule has 2 aromatic heterocycles. The van der Waals surface area contributed by atoms with Gasteiger partial charge in [-0.3, -0.25) is 4.79 Å². The predicted octanol–water partition coefficient (Wildman–Crippen LogP) is 3.88. The first kappa shape index (κ1) is 22.0. The summed E-state index contributed by atoms with van der Waals surface area (Å²) in [5.74, 6) is 0.892. The van der Waals surface area contributed by atoms with Gasteiger partial charge in [-0.25, -0.2) is 4.98 Å². The van der Waals surface area contributed by atoms with E-state index in [1.165, 1.54) is 0 Å². The summed E-state index contributed by atoms with van der Waals surface area (Å²) in [6, 6.07) is 9.18. The Bertz CT molecular complexity index is 1050. The lowest BCUT2D eigenvalue weighted by atomic mass is 9.98. The van der Waals surface area contributed by atoms with Crippen LogP contribution in [0.15, 0.2) is 30.3 Å². The normalized spacial score (nSPS) is 16.2. The van der Waals surface area contributed by atoms with E-state index in [0.717, 1.165) is 47.7 Å². The van der Waals surface area contributed by atoms with E-state index in [9.17, 15) is 4.79 Å². The Labute approximate surface area is 183 Å². The summed E-state index contributed by atoms with van der Waals surface area (Å²) in [5, 5.41) is 8.05. The van der Waals surface area contributed by atoms with E-state index in [4.69, 9.17) is 10.8 Å². The van der Waals surface area contributed by atoms with Gasteiger partial charge in [-0.15, -0.1) is 0 Å². The van der Waals surface area contributed by atoms with Crippen molar-refractivity contribution in [3.8, 4) is 0 Å². The van der Waals surface area contributed by atoms with Gasteiger partial charge in [-0.05, 0) is 51.5 Å². The van der Waals surface area contributed by atoms with E-state index < -0.39 is 0 Å². The zero-order chi connectivity index (χ0) is 21.8. The third kappa shape index (κ3) is 3.96. The number of aromatic nitrogens is 3. The van der Waals surface area contributed by atoms with Crippen LogP contribution in [0.4, 0.5) is 11.5 Å². The molecule has 1 fully saturated rings. The maximum atomic E-state index is 13.2. The van der Waals surface area contributed by atoms with Crippen LogP contribution < -0.4 is 11.1 Å². The highest BCUT2D eigenvalue weighted by Crippen LogP contribution is 2.33. The van der Waals surface area contributed by atoms with Gasteiger partial charge in [-0.2, -0.15) is 22.2 Å². The third-order valence-corrected chi connectivity index (χ3v) is 5.63. The van der Waals surface area contributed by atoms with Gasteiger partial charge in [0.15, 0.2) is 5.65 Å². The third-order valence-electron chi connectivity index (χ3n) is 5.63. The van der Waals surface area contributed by atoms with E-state index in [2.05, 4.69) is 22.9 Å². The Morgan fingerprint density at radius 1 is 1.23 bits per heavy atom. The van der Waals surface area contributed by atoms with E-state index in [-0.39, 0.29) is 11.9 Å². The molecule has 0 aliphatic carbocycles. The van der Waals surface area contributed by atoms with Crippen molar-refractivity contribution in [3.05, 3.63) is 52.8 Å². The Balaban J connectivity index is 0.00000124. The molecular weight excluding hydrogens is 396 g/mol. The second kappa shape index (κ2) is 9.38. The van der Waals surface area contributed by atoms with Crippen LogP contribution in [0, 0.1) is 13.8 Å². The first-order valence-electron chi connectivity index (χ1n) is 10.2. The largest absolute Gasteiger partial charge is 0.398 e. The molecule has 1 aliphatic heterocycles. The summed E-state index contributed by atoms with van der Waals surface area (Å²) >= 11 is 3.53. The predicted molar refractivity (Wildman–Crippen MR) is 125 cm³/mol. The van der Waals surface area contributed by atoms with Crippen LogP contribution in [0.25, 0.3) is 5.65 Å². The molecule has 0 bridgehead atoms. The summed E-state index contributed by atoms with van der Waals surface area (Å²) in [6.45, 7) is 4.73. The number of likely N-dealkylation sites (tertiary alicyclic amines) is 1. The maximum absolute atomic E-state index is 13.2. The minimum Gasteiger partial charge on any atom is -0.398 e. The summed E-state index contributed by atoms with van der Waals surface area (Å²) < 4.78 is 1.84. The van der Waals surface area contributed by atoms with Crippen LogP contribution in [0.1, 0.15) is 52.6 Å². The van der Waals surface area contributed by atoms with Gasteiger partial charge in [0.25, 0.3) is 5.91 Å². The average Bonchev–Trinajstić information content (AvgIpc) is 3.19. The van der Waals surface area contributed by atoms with Crippen molar-refractivity contribution < 1.29 is 4.79 Å². The molecule has 0 spiro atoms. The number of nitrogens with zero attached hydrogens (tertiary/aromatic N) is 4. The Hall–Kier alpha value is -2.74. The second-order valence-corrected chi connectivity index (χ2v) is 7.36. The summed E-state index contributed by atoms with van der Waals surface area (Å²) in [7, 11) is 1.89. The number of para-hydroxylation sites is 1. The number of hydrogen-bond acceptors (Lipinski definition) is 6. The minimum atomic E-state index is -0.0760. The fraction of sp³-hybridized carbons (Fsp3) is 0.409. The molecule has 0 radical (unpaired) electrons. The van der Waals surface area contributed by atoms with Crippen molar-refractivity contribution in [1.82, 2.24) is 19.5 Å². The monoisotopic (exact) mass is 426 g/mol. The summed E-state index contributed by atoms with van der Waals surface area (Å²) in [6.07, 6.45) is 4.63. The van der Waals surface area contributed by atoms with E-state index >= 15 is 0 Å². The fourth-order valence-corrected chi connectivity index (χ4v) is 4.00. The number of hydrogen-bond donors (Lipinski definition) is 3. The topological polar surface area (TPSA) is 88.5 Å². The molecule has 0 saturated carbocycles. The maximum Gasteiger partial charge on any atom is 0.256 e. The highest BCUT2D eigenvalue weighted by atomic mass is 32.1. The Morgan fingerprint density at radius 2 is 1.97 bits per heavy atom. The van der Waals surface area contributed by atoms with Crippen molar-refractivity contribution in [2.75, 3.05) is 30.9 Å². The minimum absolute atomic E-state index is 0.0333.